The van der Waals surface area contributed by atoms with E-state index in [4.69, 9.17) is 18.0 Å². The molecule has 1 heterocycles. The van der Waals surface area contributed by atoms with E-state index in [-0.39, 0.29) is 29.4 Å². The molecule has 0 aliphatic heterocycles. The van der Waals surface area contributed by atoms with Crippen LogP contribution >= 0.6 is 11.6 Å². The van der Waals surface area contributed by atoms with Crippen LogP contribution in [0.25, 0.3) is 0 Å². The maximum Gasteiger partial charge on any atom is 0.292 e. The molecule has 1 aliphatic rings. The van der Waals surface area contributed by atoms with Gasteiger partial charge >= 0.3 is 0 Å². The highest BCUT2D eigenvalue weighted by molar-refractivity contribution is 6.33. The predicted molar refractivity (Wildman–Crippen MR) is 78.9 cm³/mol. The largest absolute Gasteiger partial charge is 0.394 e. The molecule has 0 radical (unpaired) electrons. The van der Waals surface area contributed by atoms with Crippen LogP contribution in [0.4, 0.5) is 5.69 Å². The van der Waals surface area contributed by atoms with E-state index < -0.39 is 5.54 Å². The summed E-state index contributed by atoms with van der Waals surface area (Å²) in [6.45, 7) is 0.0665. The van der Waals surface area contributed by atoms with Crippen LogP contribution < -0.4 is 10.9 Å². The van der Waals surface area contributed by atoms with E-state index >= 15 is 0 Å². The minimum absolute atomic E-state index is 0.0275. The van der Waals surface area contributed by atoms with Gasteiger partial charge in [0, 0.05) is 0 Å². The SMILES string of the molecule is C#CCn1ncc(Cl)c(NC2(CO)CCCCC2)c1=O. The third kappa shape index (κ3) is 2.97. The molecule has 6 heteroatoms. The van der Waals surface area contributed by atoms with E-state index in [0.29, 0.717) is 0 Å². The molecule has 0 atom stereocenters. The number of halogens is 1. The molecule has 1 saturated carbocycles. The Morgan fingerprint density at radius 1 is 1.50 bits per heavy atom. The highest BCUT2D eigenvalue weighted by atomic mass is 35.5. The molecule has 1 aromatic rings. The first-order valence-corrected chi connectivity index (χ1v) is 7.08. The molecular weight excluding hydrogens is 278 g/mol. The fourth-order valence-electron chi connectivity index (χ4n) is 2.60. The Labute approximate surface area is 123 Å². The first-order valence-electron chi connectivity index (χ1n) is 6.70. The standard InChI is InChI=1S/C14H18ClN3O2/c1-2-8-18-13(20)12(11(15)9-16-18)17-14(10-19)6-4-3-5-7-14/h1,9,17,19H,3-8,10H2. The minimum Gasteiger partial charge on any atom is -0.394 e. The first kappa shape index (κ1) is 14.9. The van der Waals surface area contributed by atoms with Crippen molar-refractivity contribution in [3.05, 3.63) is 21.6 Å². The molecule has 0 saturated heterocycles. The van der Waals surface area contributed by atoms with Crippen LogP contribution in [0.3, 0.4) is 0 Å². The van der Waals surface area contributed by atoms with Crippen LogP contribution in [0.15, 0.2) is 11.0 Å². The van der Waals surface area contributed by atoms with Crippen LogP contribution in [0.2, 0.25) is 5.02 Å². The van der Waals surface area contributed by atoms with Gasteiger partial charge in [-0.15, -0.1) is 6.42 Å². The van der Waals surface area contributed by atoms with Gasteiger partial charge in [0.05, 0.1) is 23.4 Å². The minimum atomic E-state index is -0.476. The fourth-order valence-corrected chi connectivity index (χ4v) is 2.77. The molecule has 0 bridgehead atoms. The number of aromatic nitrogens is 2. The summed E-state index contributed by atoms with van der Waals surface area (Å²) in [5.74, 6) is 2.38. The molecule has 1 aliphatic carbocycles. The Hall–Kier alpha value is -1.51. The number of nitrogens with zero attached hydrogens (tertiary/aromatic N) is 2. The molecule has 0 aromatic carbocycles. The topological polar surface area (TPSA) is 67.2 Å². The van der Waals surface area contributed by atoms with Crippen molar-refractivity contribution in [2.45, 2.75) is 44.2 Å². The third-order valence-electron chi connectivity index (χ3n) is 3.74. The molecule has 0 spiro atoms. The number of anilines is 1. The van der Waals surface area contributed by atoms with Crippen molar-refractivity contribution in [3.8, 4) is 12.3 Å². The van der Waals surface area contributed by atoms with E-state index in [1.807, 2.05) is 0 Å². The number of hydrogen-bond acceptors (Lipinski definition) is 4. The van der Waals surface area contributed by atoms with Crippen LogP contribution in [0.1, 0.15) is 32.1 Å². The van der Waals surface area contributed by atoms with Gasteiger partial charge in [0.15, 0.2) is 0 Å². The highest BCUT2D eigenvalue weighted by Crippen LogP contribution is 2.32. The average Bonchev–Trinajstić information content (AvgIpc) is 2.48. The summed E-state index contributed by atoms with van der Waals surface area (Å²) >= 11 is 6.07. The summed E-state index contributed by atoms with van der Waals surface area (Å²) in [6.07, 6.45) is 11.4. The lowest BCUT2D eigenvalue weighted by molar-refractivity contribution is 0.172. The second-order valence-electron chi connectivity index (χ2n) is 5.16. The van der Waals surface area contributed by atoms with Gasteiger partial charge < -0.3 is 10.4 Å². The molecule has 0 unspecified atom stereocenters. The smallest absolute Gasteiger partial charge is 0.292 e. The molecule has 2 N–H and O–H groups in total. The molecular formula is C14H18ClN3O2. The van der Waals surface area contributed by atoms with Gasteiger partial charge in [0.25, 0.3) is 5.56 Å². The summed E-state index contributed by atoms with van der Waals surface area (Å²) in [6, 6.07) is 0. The quantitative estimate of drug-likeness (QED) is 0.829. The fraction of sp³-hybridized carbons (Fsp3) is 0.571. The van der Waals surface area contributed by atoms with Crippen molar-refractivity contribution < 1.29 is 5.11 Å². The molecule has 20 heavy (non-hydrogen) atoms. The van der Waals surface area contributed by atoms with Crippen molar-refractivity contribution in [2.24, 2.45) is 0 Å². The summed E-state index contributed by atoms with van der Waals surface area (Å²) < 4.78 is 1.18. The number of rotatable bonds is 4. The van der Waals surface area contributed by atoms with E-state index in [0.717, 1.165) is 32.1 Å². The lowest BCUT2D eigenvalue weighted by atomic mass is 9.82. The van der Waals surface area contributed by atoms with E-state index in [2.05, 4.69) is 16.3 Å². The van der Waals surface area contributed by atoms with Crippen molar-refractivity contribution in [2.75, 3.05) is 11.9 Å². The Morgan fingerprint density at radius 2 is 2.20 bits per heavy atom. The van der Waals surface area contributed by atoms with Gasteiger partial charge in [0.2, 0.25) is 0 Å². The van der Waals surface area contributed by atoms with Gasteiger partial charge in [0.1, 0.15) is 12.2 Å². The zero-order valence-corrected chi connectivity index (χ0v) is 12.0. The summed E-state index contributed by atoms with van der Waals surface area (Å²) in [4.78, 5) is 12.3. The first-order chi connectivity index (χ1) is 9.62. The second kappa shape index (κ2) is 6.29. The number of aliphatic hydroxyl groups excluding tert-OH is 1. The molecule has 1 aromatic heterocycles. The van der Waals surface area contributed by atoms with Gasteiger partial charge in [-0.05, 0) is 12.8 Å². The van der Waals surface area contributed by atoms with Crippen molar-refractivity contribution in [3.63, 3.8) is 0 Å². The molecule has 5 nitrogen and oxygen atoms in total. The molecule has 1 fully saturated rings. The lowest BCUT2D eigenvalue weighted by Crippen LogP contribution is -2.46. The van der Waals surface area contributed by atoms with Gasteiger partial charge in [-0.25, -0.2) is 4.68 Å². The number of aliphatic hydroxyl groups is 1. The molecule has 2 rings (SSSR count). The summed E-state index contributed by atoms with van der Waals surface area (Å²) in [5, 5.41) is 17.0. The summed E-state index contributed by atoms with van der Waals surface area (Å²) in [5.41, 5.74) is -0.558. The van der Waals surface area contributed by atoms with Crippen LogP contribution in [0, 0.1) is 12.3 Å². The second-order valence-corrected chi connectivity index (χ2v) is 5.57. The Bertz CT molecular complexity index is 571. The molecule has 0 amide bonds. The van der Waals surface area contributed by atoms with Crippen LogP contribution in [0.5, 0.6) is 0 Å². The Kier molecular flexibility index (Phi) is 4.69. The predicted octanol–water partition coefficient (Wildman–Crippen LogP) is 1.64. The van der Waals surface area contributed by atoms with Gasteiger partial charge in [-0.3, -0.25) is 4.79 Å². The Morgan fingerprint density at radius 3 is 2.80 bits per heavy atom. The average molecular weight is 296 g/mol. The maximum absolute atomic E-state index is 12.3. The maximum atomic E-state index is 12.3. The number of hydrogen-bond donors (Lipinski definition) is 2. The monoisotopic (exact) mass is 295 g/mol. The molecule has 108 valence electrons. The van der Waals surface area contributed by atoms with Crippen molar-refractivity contribution in [1.29, 1.82) is 0 Å². The number of terminal acetylenes is 1. The highest BCUT2D eigenvalue weighted by Gasteiger charge is 2.32. The zero-order chi connectivity index (χ0) is 14.6. The van der Waals surface area contributed by atoms with E-state index in [9.17, 15) is 9.90 Å². The number of nitrogens with one attached hydrogen (secondary N) is 1. The summed E-state index contributed by atoms with van der Waals surface area (Å²) in [7, 11) is 0. The zero-order valence-electron chi connectivity index (χ0n) is 11.2. The van der Waals surface area contributed by atoms with Crippen molar-refractivity contribution >= 4 is 17.3 Å². The van der Waals surface area contributed by atoms with Gasteiger partial charge in [-0.2, -0.15) is 5.10 Å². The van der Waals surface area contributed by atoms with E-state index in [1.54, 1.807) is 0 Å². The third-order valence-corrected chi connectivity index (χ3v) is 4.03. The lowest BCUT2D eigenvalue weighted by Gasteiger charge is -2.37. The Balaban J connectivity index is 2.35. The van der Waals surface area contributed by atoms with Crippen LogP contribution in [-0.4, -0.2) is 27.0 Å². The van der Waals surface area contributed by atoms with E-state index in [1.165, 1.54) is 10.9 Å². The van der Waals surface area contributed by atoms with Gasteiger partial charge in [-0.1, -0.05) is 36.8 Å². The van der Waals surface area contributed by atoms with Crippen LogP contribution in [-0.2, 0) is 6.54 Å². The van der Waals surface area contributed by atoms with Crippen molar-refractivity contribution in [1.82, 2.24) is 9.78 Å². The normalized spacial score (nSPS) is 17.4.